The molecule has 0 aliphatic heterocycles. The van der Waals surface area contributed by atoms with Gasteiger partial charge in [0.05, 0.1) is 6.10 Å². The lowest BCUT2D eigenvalue weighted by atomic mass is 9.89. The Labute approximate surface area is 118 Å². The second kappa shape index (κ2) is 6.07. The number of ether oxygens (including phenoxy) is 1. The van der Waals surface area contributed by atoms with Gasteiger partial charge in [0, 0.05) is 10.5 Å². The smallest absolute Gasteiger partial charge is 0.120 e. The van der Waals surface area contributed by atoms with Gasteiger partial charge in [-0.15, -0.1) is 0 Å². The van der Waals surface area contributed by atoms with Crippen molar-refractivity contribution in [1.82, 2.24) is 0 Å². The SMILES string of the molecule is CC1CCCC(Oc2ccc(C(C)N)c(Br)c2)C1. The van der Waals surface area contributed by atoms with Crippen LogP contribution < -0.4 is 10.5 Å². The van der Waals surface area contributed by atoms with Crippen molar-refractivity contribution in [3.8, 4) is 5.75 Å². The van der Waals surface area contributed by atoms with Crippen LogP contribution in [0.2, 0.25) is 0 Å². The second-order valence-corrected chi connectivity index (χ2v) is 6.34. The van der Waals surface area contributed by atoms with Gasteiger partial charge in [0.15, 0.2) is 0 Å². The number of rotatable bonds is 3. The van der Waals surface area contributed by atoms with Gasteiger partial charge in [0.25, 0.3) is 0 Å². The molecule has 0 aromatic heterocycles. The zero-order chi connectivity index (χ0) is 13.1. The quantitative estimate of drug-likeness (QED) is 0.896. The number of benzene rings is 1. The Morgan fingerprint density at radius 2 is 2.17 bits per heavy atom. The average molecular weight is 312 g/mol. The Bertz CT molecular complexity index is 405. The number of halogens is 1. The van der Waals surface area contributed by atoms with E-state index in [0.29, 0.717) is 6.10 Å². The minimum atomic E-state index is 0.0446. The first-order valence-electron chi connectivity index (χ1n) is 6.78. The molecule has 0 spiro atoms. The third kappa shape index (κ3) is 3.48. The molecule has 1 aromatic rings. The van der Waals surface area contributed by atoms with E-state index in [0.717, 1.165) is 21.7 Å². The third-order valence-electron chi connectivity index (χ3n) is 3.65. The van der Waals surface area contributed by atoms with Crippen LogP contribution in [-0.4, -0.2) is 6.10 Å². The van der Waals surface area contributed by atoms with Crippen molar-refractivity contribution < 1.29 is 4.74 Å². The molecule has 1 aromatic carbocycles. The number of hydrogen-bond acceptors (Lipinski definition) is 2. The first kappa shape index (κ1) is 13.9. The van der Waals surface area contributed by atoms with Crippen LogP contribution in [0.3, 0.4) is 0 Å². The van der Waals surface area contributed by atoms with Crippen LogP contribution in [-0.2, 0) is 0 Å². The molecule has 100 valence electrons. The van der Waals surface area contributed by atoms with Gasteiger partial charge in [-0.2, -0.15) is 0 Å². The van der Waals surface area contributed by atoms with Crippen molar-refractivity contribution in [2.45, 2.75) is 51.7 Å². The summed E-state index contributed by atoms with van der Waals surface area (Å²) in [5.41, 5.74) is 7.02. The van der Waals surface area contributed by atoms with Gasteiger partial charge in [0.1, 0.15) is 5.75 Å². The molecule has 0 bridgehead atoms. The van der Waals surface area contributed by atoms with Gasteiger partial charge in [-0.1, -0.05) is 35.3 Å². The lowest BCUT2D eigenvalue weighted by Crippen LogP contribution is -2.24. The fraction of sp³-hybridized carbons (Fsp3) is 0.600. The van der Waals surface area contributed by atoms with Crippen LogP contribution in [0.1, 0.15) is 51.1 Å². The van der Waals surface area contributed by atoms with E-state index in [9.17, 15) is 0 Å². The Kier molecular flexibility index (Phi) is 4.68. The highest BCUT2D eigenvalue weighted by Crippen LogP contribution is 2.30. The van der Waals surface area contributed by atoms with Crippen molar-refractivity contribution in [1.29, 1.82) is 0 Å². The monoisotopic (exact) mass is 311 g/mol. The van der Waals surface area contributed by atoms with Gasteiger partial charge < -0.3 is 10.5 Å². The standard InChI is InChI=1S/C15H22BrNO/c1-10-4-3-5-12(8-10)18-13-6-7-14(11(2)17)15(16)9-13/h6-7,9-12H,3-5,8,17H2,1-2H3. The maximum absolute atomic E-state index is 6.07. The largest absolute Gasteiger partial charge is 0.490 e. The summed E-state index contributed by atoms with van der Waals surface area (Å²) in [6, 6.07) is 6.17. The Morgan fingerprint density at radius 3 is 2.78 bits per heavy atom. The lowest BCUT2D eigenvalue weighted by Gasteiger charge is -2.27. The van der Waals surface area contributed by atoms with E-state index in [4.69, 9.17) is 10.5 Å². The molecule has 3 unspecified atom stereocenters. The predicted molar refractivity (Wildman–Crippen MR) is 78.8 cm³/mol. The molecule has 1 saturated carbocycles. The first-order chi connectivity index (χ1) is 8.56. The van der Waals surface area contributed by atoms with E-state index in [1.807, 2.05) is 19.1 Å². The highest BCUT2D eigenvalue weighted by Gasteiger charge is 2.20. The molecule has 3 heteroatoms. The van der Waals surface area contributed by atoms with Gasteiger partial charge in [-0.3, -0.25) is 0 Å². The summed E-state index contributed by atoms with van der Waals surface area (Å²) >= 11 is 3.56. The van der Waals surface area contributed by atoms with Crippen molar-refractivity contribution in [2.75, 3.05) is 0 Å². The van der Waals surface area contributed by atoms with Gasteiger partial charge in [-0.05, 0) is 49.8 Å². The molecule has 0 saturated heterocycles. The van der Waals surface area contributed by atoms with Gasteiger partial charge in [0.2, 0.25) is 0 Å². The van der Waals surface area contributed by atoms with Crippen LogP contribution in [0, 0.1) is 5.92 Å². The molecule has 1 aliphatic rings. The average Bonchev–Trinajstić information content (AvgIpc) is 2.28. The minimum Gasteiger partial charge on any atom is -0.490 e. The van der Waals surface area contributed by atoms with E-state index in [1.54, 1.807) is 0 Å². The van der Waals surface area contributed by atoms with E-state index >= 15 is 0 Å². The van der Waals surface area contributed by atoms with Gasteiger partial charge in [-0.25, -0.2) is 0 Å². The minimum absolute atomic E-state index is 0.0446. The molecule has 3 atom stereocenters. The molecule has 2 N–H and O–H groups in total. The summed E-state index contributed by atoms with van der Waals surface area (Å²) in [7, 11) is 0. The van der Waals surface area contributed by atoms with Crippen molar-refractivity contribution in [2.24, 2.45) is 11.7 Å². The van der Waals surface area contributed by atoms with Crippen LogP contribution in [0.4, 0.5) is 0 Å². The molecule has 1 aliphatic carbocycles. The summed E-state index contributed by atoms with van der Waals surface area (Å²) in [6.07, 6.45) is 5.35. The van der Waals surface area contributed by atoms with E-state index < -0.39 is 0 Å². The van der Waals surface area contributed by atoms with Crippen LogP contribution in [0.25, 0.3) is 0 Å². The maximum atomic E-state index is 6.07. The Hall–Kier alpha value is -0.540. The van der Waals surface area contributed by atoms with Gasteiger partial charge >= 0.3 is 0 Å². The van der Waals surface area contributed by atoms with Crippen molar-refractivity contribution in [3.63, 3.8) is 0 Å². The topological polar surface area (TPSA) is 35.2 Å². The molecule has 2 rings (SSSR count). The molecule has 1 fully saturated rings. The molecule has 0 amide bonds. The van der Waals surface area contributed by atoms with E-state index in [-0.39, 0.29) is 6.04 Å². The predicted octanol–water partition coefficient (Wildman–Crippen LogP) is 4.43. The zero-order valence-electron chi connectivity index (χ0n) is 11.2. The molecular formula is C15H22BrNO. The highest BCUT2D eigenvalue weighted by molar-refractivity contribution is 9.10. The summed E-state index contributed by atoms with van der Waals surface area (Å²) in [5.74, 6) is 1.74. The molecule has 2 nitrogen and oxygen atoms in total. The summed E-state index contributed by atoms with van der Waals surface area (Å²) in [6.45, 7) is 4.30. The summed E-state index contributed by atoms with van der Waals surface area (Å²) in [5, 5.41) is 0. The molecule has 18 heavy (non-hydrogen) atoms. The normalized spacial score (nSPS) is 25.8. The van der Waals surface area contributed by atoms with Crippen LogP contribution in [0.5, 0.6) is 5.75 Å². The summed E-state index contributed by atoms with van der Waals surface area (Å²) < 4.78 is 7.11. The summed E-state index contributed by atoms with van der Waals surface area (Å²) in [4.78, 5) is 0. The Morgan fingerprint density at radius 1 is 1.39 bits per heavy atom. The molecular weight excluding hydrogens is 290 g/mol. The zero-order valence-corrected chi connectivity index (χ0v) is 12.7. The molecule has 0 heterocycles. The second-order valence-electron chi connectivity index (χ2n) is 5.48. The number of nitrogens with two attached hydrogens (primary N) is 1. The van der Waals surface area contributed by atoms with E-state index in [2.05, 4.69) is 28.9 Å². The maximum Gasteiger partial charge on any atom is 0.120 e. The fourth-order valence-corrected chi connectivity index (χ4v) is 3.35. The molecule has 0 radical (unpaired) electrons. The van der Waals surface area contributed by atoms with Crippen molar-refractivity contribution >= 4 is 15.9 Å². The highest BCUT2D eigenvalue weighted by atomic mass is 79.9. The Balaban J connectivity index is 2.03. The third-order valence-corrected chi connectivity index (χ3v) is 4.34. The lowest BCUT2D eigenvalue weighted by molar-refractivity contribution is 0.129. The fourth-order valence-electron chi connectivity index (χ4n) is 2.63. The number of hydrogen-bond donors (Lipinski definition) is 1. The van der Waals surface area contributed by atoms with Crippen LogP contribution in [0.15, 0.2) is 22.7 Å². The first-order valence-corrected chi connectivity index (χ1v) is 7.57. The van der Waals surface area contributed by atoms with E-state index in [1.165, 1.54) is 25.7 Å². The van der Waals surface area contributed by atoms with Crippen molar-refractivity contribution in [3.05, 3.63) is 28.2 Å². The van der Waals surface area contributed by atoms with Crippen LogP contribution >= 0.6 is 15.9 Å².